The lowest BCUT2D eigenvalue weighted by Crippen LogP contribution is -2.10. The number of benzene rings is 1. The zero-order valence-corrected chi connectivity index (χ0v) is 11.1. The molecule has 0 aliphatic heterocycles. The first-order valence-corrected chi connectivity index (χ1v) is 6.02. The molecule has 0 amide bonds. The Hall–Kier alpha value is -1.52. The third-order valence-corrected chi connectivity index (χ3v) is 3.06. The molecule has 2 rings (SSSR count). The van der Waals surface area contributed by atoms with Gasteiger partial charge in [0.15, 0.2) is 0 Å². The zero-order chi connectivity index (χ0) is 13.1. The van der Waals surface area contributed by atoms with Crippen LogP contribution >= 0.6 is 11.6 Å². The topological polar surface area (TPSA) is 43.3 Å². The molecule has 0 aliphatic rings. The Morgan fingerprint density at radius 1 is 1.50 bits per heavy atom. The minimum absolute atomic E-state index is 0.192. The second-order valence-corrected chi connectivity index (χ2v) is 4.49. The van der Waals surface area contributed by atoms with Gasteiger partial charge in [-0.15, -0.1) is 0 Å². The van der Waals surface area contributed by atoms with Gasteiger partial charge >= 0.3 is 5.97 Å². The Morgan fingerprint density at radius 2 is 2.28 bits per heavy atom. The minimum Gasteiger partial charge on any atom is -0.468 e. The van der Waals surface area contributed by atoms with E-state index in [1.54, 1.807) is 0 Å². The predicted octanol–water partition coefficient (Wildman–Crippen LogP) is 2.19. The van der Waals surface area contributed by atoms with Gasteiger partial charge in [-0.3, -0.25) is 4.79 Å². The number of aromatic nitrogens is 1. The van der Waals surface area contributed by atoms with Crippen LogP contribution in [0, 0.1) is 0 Å². The lowest BCUT2D eigenvalue weighted by atomic mass is 10.2. The van der Waals surface area contributed by atoms with Crippen LogP contribution in [-0.4, -0.2) is 24.7 Å². The van der Waals surface area contributed by atoms with Crippen LogP contribution in [0.5, 0.6) is 0 Å². The number of nitrogens with zero attached hydrogens (tertiary/aromatic N) is 1. The largest absolute Gasteiger partial charge is 0.468 e. The fourth-order valence-corrected chi connectivity index (χ4v) is 2.17. The highest BCUT2D eigenvalue weighted by atomic mass is 35.5. The summed E-state index contributed by atoms with van der Waals surface area (Å²) in [5.41, 5.74) is 2.08. The van der Waals surface area contributed by atoms with Crippen molar-refractivity contribution < 1.29 is 9.53 Å². The smallest absolute Gasteiger partial charge is 0.325 e. The van der Waals surface area contributed by atoms with Gasteiger partial charge in [0.2, 0.25) is 0 Å². The van der Waals surface area contributed by atoms with Crippen molar-refractivity contribution in [1.29, 1.82) is 0 Å². The number of hydrogen-bond acceptors (Lipinski definition) is 3. The molecule has 0 saturated heterocycles. The monoisotopic (exact) mass is 266 g/mol. The minimum atomic E-state index is -0.275. The van der Waals surface area contributed by atoms with E-state index in [-0.39, 0.29) is 12.5 Å². The van der Waals surface area contributed by atoms with Crippen LogP contribution in [0.15, 0.2) is 24.4 Å². The maximum absolute atomic E-state index is 11.4. The van der Waals surface area contributed by atoms with Crippen LogP contribution in [0.4, 0.5) is 0 Å². The maximum atomic E-state index is 11.4. The number of ether oxygens (including phenoxy) is 1. The van der Waals surface area contributed by atoms with E-state index in [1.807, 2.05) is 36.0 Å². The third-order valence-electron chi connectivity index (χ3n) is 2.82. The molecule has 0 bridgehead atoms. The van der Waals surface area contributed by atoms with Crippen LogP contribution < -0.4 is 5.32 Å². The van der Waals surface area contributed by atoms with Crippen molar-refractivity contribution >= 4 is 28.5 Å². The zero-order valence-electron chi connectivity index (χ0n) is 10.4. The molecule has 1 aromatic carbocycles. The van der Waals surface area contributed by atoms with E-state index < -0.39 is 0 Å². The second kappa shape index (κ2) is 5.42. The first kappa shape index (κ1) is 12.9. The number of nitrogens with one attached hydrogen (secondary N) is 1. The number of rotatable bonds is 4. The Kier molecular flexibility index (Phi) is 3.89. The van der Waals surface area contributed by atoms with Gasteiger partial charge in [0, 0.05) is 23.2 Å². The van der Waals surface area contributed by atoms with Crippen molar-refractivity contribution in [3.8, 4) is 0 Å². The van der Waals surface area contributed by atoms with Gasteiger partial charge in [0.1, 0.15) is 6.54 Å². The van der Waals surface area contributed by atoms with Crippen LogP contribution in [-0.2, 0) is 22.6 Å². The van der Waals surface area contributed by atoms with Crippen molar-refractivity contribution in [2.75, 3.05) is 14.2 Å². The summed E-state index contributed by atoms with van der Waals surface area (Å²) in [5.74, 6) is -0.275. The van der Waals surface area contributed by atoms with E-state index in [9.17, 15) is 4.79 Å². The molecule has 0 atom stereocenters. The van der Waals surface area contributed by atoms with Crippen molar-refractivity contribution in [2.45, 2.75) is 13.1 Å². The first-order valence-electron chi connectivity index (χ1n) is 5.64. The molecule has 96 valence electrons. The molecule has 1 heterocycles. The van der Waals surface area contributed by atoms with Crippen LogP contribution in [0.3, 0.4) is 0 Å². The van der Waals surface area contributed by atoms with Crippen molar-refractivity contribution in [3.05, 3.63) is 35.0 Å². The summed E-state index contributed by atoms with van der Waals surface area (Å²) in [4.78, 5) is 11.4. The number of fused-ring (bicyclic) bond motifs is 1. The first-order chi connectivity index (χ1) is 8.65. The quantitative estimate of drug-likeness (QED) is 0.863. The van der Waals surface area contributed by atoms with Crippen LogP contribution in [0.1, 0.15) is 5.56 Å². The fourth-order valence-electron chi connectivity index (χ4n) is 2.01. The molecule has 0 radical (unpaired) electrons. The third kappa shape index (κ3) is 2.49. The Balaban J connectivity index is 2.50. The van der Waals surface area contributed by atoms with Crippen molar-refractivity contribution in [3.63, 3.8) is 0 Å². The average Bonchev–Trinajstić information content (AvgIpc) is 2.67. The molecule has 5 heteroatoms. The summed E-state index contributed by atoms with van der Waals surface area (Å²) in [7, 11) is 3.27. The summed E-state index contributed by atoms with van der Waals surface area (Å²) in [6.45, 7) is 0.934. The summed E-state index contributed by atoms with van der Waals surface area (Å²) >= 11 is 6.00. The summed E-state index contributed by atoms with van der Waals surface area (Å²) in [6, 6.07) is 5.68. The van der Waals surface area contributed by atoms with Crippen molar-refractivity contribution in [1.82, 2.24) is 9.88 Å². The van der Waals surface area contributed by atoms with Crippen LogP contribution in [0.2, 0.25) is 5.02 Å². The molecule has 0 aliphatic carbocycles. The number of esters is 1. The molecular weight excluding hydrogens is 252 g/mol. The fraction of sp³-hybridized carbons (Fsp3) is 0.308. The van der Waals surface area contributed by atoms with E-state index in [1.165, 1.54) is 7.11 Å². The normalized spacial score (nSPS) is 10.8. The summed E-state index contributed by atoms with van der Waals surface area (Å²) in [6.07, 6.45) is 1.95. The van der Waals surface area contributed by atoms with E-state index in [4.69, 9.17) is 16.3 Å². The standard InChI is InChI=1S/C13H15ClN2O2/c1-15-6-9-7-16(8-13(17)18-2)12-5-10(14)3-4-11(9)12/h3-5,7,15H,6,8H2,1-2H3. The summed E-state index contributed by atoms with van der Waals surface area (Å²) in [5, 5.41) is 4.86. The second-order valence-electron chi connectivity index (χ2n) is 4.05. The Labute approximate surface area is 110 Å². The molecule has 0 spiro atoms. The van der Waals surface area contributed by atoms with Gasteiger partial charge < -0.3 is 14.6 Å². The lowest BCUT2D eigenvalue weighted by Gasteiger charge is -2.03. The molecule has 2 aromatic rings. The van der Waals surface area contributed by atoms with Crippen LogP contribution in [0.25, 0.3) is 10.9 Å². The van der Waals surface area contributed by atoms with E-state index >= 15 is 0 Å². The molecule has 18 heavy (non-hydrogen) atoms. The van der Waals surface area contributed by atoms with Gasteiger partial charge in [-0.05, 0) is 24.7 Å². The number of methoxy groups -OCH3 is 1. The number of carbonyl (C=O) groups excluding carboxylic acids is 1. The lowest BCUT2D eigenvalue weighted by molar-refractivity contribution is -0.141. The van der Waals surface area contributed by atoms with Gasteiger partial charge in [0.25, 0.3) is 0 Å². The van der Waals surface area contributed by atoms with E-state index in [2.05, 4.69) is 5.32 Å². The highest BCUT2D eigenvalue weighted by Crippen LogP contribution is 2.24. The molecule has 0 saturated carbocycles. The number of halogens is 1. The SMILES string of the molecule is CNCc1cn(CC(=O)OC)c2cc(Cl)ccc12. The molecule has 0 fully saturated rings. The van der Waals surface area contributed by atoms with E-state index in [0.29, 0.717) is 5.02 Å². The predicted molar refractivity (Wildman–Crippen MR) is 71.7 cm³/mol. The van der Waals surface area contributed by atoms with Gasteiger partial charge in [-0.2, -0.15) is 0 Å². The highest BCUT2D eigenvalue weighted by molar-refractivity contribution is 6.31. The molecule has 1 N–H and O–H groups in total. The maximum Gasteiger partial charge on any atom is 0.325 e. The van der Waals surface area contributed by atoms with Gasteiger partial charge in [-0.1, -0.05) is 17.7 Å². The summed E-state index contributed by atoms with van der Waals surface area (Å²) < 4.78 is 6.55. The Bertz CT molecular complexity index is 578. The van der Waals surface area contributed by atoms with Crippen molar-refractivity contribution in [2.24, 2.45) is 0 Å². The number of hydrogen-bond donors (Lipinski definition) is 1. The van der Waals surface area contributed by atoms with Gasteiger partial charge in [-0.25, -0.2) is 0 Å². The molecule has 0 unspecified atom stereocenters. The average molecular weight is 267 g/mol. The molecular formula is C13H15ClN2O2. The number of carbonyl (C=O) groups is 1. The highest BCUT2D eigenvalue weighted by Gasteiger charge is 2.11. The Morgan fingerprint density at radius 3 is 2.94 bits per heavy atom. The molecule has 4 nitrogen and oxygen atoms in total. The molecule has 1 aromatic heterocycles. The van der Waals surface area contributed by atoms with Gasteiger partial charge in [0.05, 0.1) is 12.6 Å². The van der Waals surface area contributed by atoms with E-state index in [0.717, 1.165) is 23.0 Å².